The molecule has 2 heterocycles. The van der Waals surface area contributed by atoms with Crippen LogP contribution >= 0.6 is 0 Å². The normalized spacial score (nSPS) is 13.8. The van der Waals surface area contributed by atoms with Gasteiger partial charge in [-0.05, 0) is 57.9 Å². The molecular formula is C27H30N4O3. The minimum absolute atomic E-state index is 0.361. The Hall–Kier alpha value is -3.87. The summed E-state index contributed by atoms with van der Waals surface area (Å²) in [6, 6.07) is 19.6. The maximum absolute atomic E-state index is 12.6. The van der Waals surface area contributed by atoms with Crippen LogP contribution in [0.2, 0.25) is 0 Å². The Morgan fingerprint density at radius 1 is 1.03 bits per heavy atom. The smallest absolute Gasteiger partial charge is 0.414 e. The number of nitrogens with zero attached hydrogens (tertiary/aromatic N) is 3. The second kappa shape index (κ2) is 9.95. The van der Waals surface area contributed by atoms with E-state index in [9.17, 15) is 4.79 Å². The van der Waals surface area contributed by atoms with Crippen LogP contribution in [0.5, 0.6) is 5.75 Å². The first-order chi connectivity index (χ1) is 16.3. The maximum Gasteiger partial charge on any atom is 0.414 e. The lowest BCUT2D eigenvalue weighted by molar-refractivity contribution is 0.0329. The standard InChI is InChI=1S/C27H30N4O3/c1-27(2,3)34-26(32)31-16-8-11-20(18-31)25-29-23(19-9-6-5-7-10-19)17-24(30-25)28-21-12-14-22(33-4)15-13-21/h5-7,9-10,12-15,17-18H,8,11,16H2,1-4H3,(H,28,29,30). The van der Waals surface area contributed by atoms with Crippen molar-refractivity contribution in [2.45, 2.75) is 39.2 Å². The van der Waals surface area contributed by atoms with Crippen LogP contribution in [0, 0.1) is 0 Å². The predicted octanol–water partition coefficient (Wildman–Crippen LogP) is 6.27. The summed E-state index contributed by atoms with van der Waals surface area (Å²) in [6.45, 7) is 6.20. The van der Waals surface area contributed by atoms with Gasteiger partial charge in [-0.3, -0.25) is 4.90 Å². The maximum atomic E-state index is 12.6. The van der Waals surface area contributed by atoms with Gasteiger partial charge >= 0.3 is 6.09 Å². The molecule has 0 aliphatic carbocycles. The van der Waals surface area contributed by atoms with Gasteiger partial charge in [-0.2, -0.15) is 0 Å². The third-order valence-corrected chi connectivity index (χ3v) is 5.23. The predicted molar refractivity (Wildman–Crippen MR) is 134 cm³/mol. The lowest BCUT2D eigenvalue weighted by Crippen LogP contribution is -2.35. The van der Waals surface area contributed by atoms with Gasteiger partial charge in [0.1, 0.15) is 17.2 Å². The third kappa shape index (κ3) is 5.92. The number of methoxy groups -OCH3 is 1. The van der Waals surface area contributed by atoms with E-state index in [0.717, 1.165) is 41.1 Å². The van der Waals surface area contributed by atoms with Crippen LogP contribution in [0.15, 0.2) is 66.9 Å². The van der Waals surface area contributed by atoms with E-state index in [1.165, 1.54) is 0 Å². The van der Waals surface area contributed by atoms with Crippen LogP contribution in [-0.2, 0) is 4.74 Å². The Labute approximate surface area is 200 Å². The molecule has 0 fully saturated rings. The van der Waals surface area contributed by atoms with Crippen molar-refractivity contribution in [3.8, 4) is 17.0 Å². The molecule has 0 spiro atoms. The van der Waals surface area contributed by atoms with Gasteiger partial charge in [0, 0.05) is 35.6 Å². The molecule has 3 aromatic rings. The molecule has 7 nitrogen and oxygen atoms in total. The lowest BCUT2D eigenvalue weighted by Gasteiger charge is -2.28. The fraction of sp³-hybridized carbons (Fsp3) is 0.296. The van der Waals surface area contributed by atoms with Crippen molar-refractivity contribution >= 4 is 23.2 Å². The zero-order chi connectivity index (χ0) is 24.1. The SMILES string of the molecule is COc1ccc(Nc2cc(-c3ccccc3)nc(C3=CN(C(=O)OC(C)(C)C)CCC3)n2)cc1. The molecule has 1 aromatic heterocycles. The van der Waals surface area contributed by atoms with E-state index >= 15 is 0 Å². The van der Waals surface area contributed by atoms with E-state index in [1.54, 1.807) is 12.0 Å². The van der Waals surface area contributed by atoms with Crippen LogP contribution < -0.4 is 10.1 Å². The number of rotatable bonds is 5. The first kappa shape index (κ1) is 23.3. The molecule has 0 atom stereocenters. The van der Waals surface area contributed by atoms with Crippen LogP contribution in [0.3, 0.4) is 0 Å². The average Bonchev–Trinajstić information content (AvgIpc) is 2.84. The molecule has 0 saturated heterocycles. The lowest BCUT2D eigenvalue weighted by atomic mass is 10.1. The number of amides is 1. The second-order valence-corrected chi connectivity index (χ2v) is 9.11. The molecular weight excluding hydrogens is 428 g/mol. The number of aromatic nitrogens is 2. The molecule has 1 aliphatic rings. The van der Waals surface area contributed by atoms with E-state index in [1.807, 2.05) is 87.6 Å². The van der Waals surface area contributed by atoms with E-state index < -0.39 is 5.60 Å². The minimum atomic E-state index is -0.554. The Balaban J connectivity index is 1.69. The van der Waals surface area contributed by atoms with Crippen LogP contribution in [-0.4, -0.2) is 40.2 Å². The van der Waals surface area contributed by atoms with Gasteiger partial charge in [0.05, 0.1) is 12.8 Å². The van der Waals surface area contributed by atoms with Crippen molar-refractivity contribution in [3.05, 3.63) is 72.7 Å². The summed E-state index contributed by atoms with van der Waals surface area (Å²) < 4.78 is 10.8. The summed E-state index contributed by atoms with van der Waals surface area (Å²) in [6.07, 6.45) is 3.05. The van der Waals surface area contributed by atoms with Gasteiger partial charge in [0.15, 0.2) is 5.82 Å². The number of carbonyl (C=O) groups is 1. The van der Waals surface area contributed by atoms with Gasteiger partial charge in [0.25, 0.3) is 0 Å². The quantitative estimate of drug-likeness (QED) is 0.486. The number of allylic oxidation sites excluding steroid dienone is 1. The number of nitrogens with one attached hydrogen (secondary N) is 1. The molecule has 176 valence electrons. The van der Waals surface area contributed by atoms with Gasteiger partial charge in [-0.1, -0.05) is 30.3 Å². The fourth-order valence-electron chi connectivity index (χ4n) is 3.63. The summed E-state index contributed by atoms with van der Waals surface area (Å²) in [5.41, 5.74) is 3.02. The number of hydrogen-bond acceptors (Lipinski definition) is 6. The Morgan fingerprint density at radius 3 is 2.44 bits per heavy atom. The number of benzene rings is 2. The highest BCUT2D eigenvalue weighted by Crippen LogP contribution is 2.29. The van der Waals surface area contributed by atoms with Crippen molar-refractivity contribution in [1.29, 1.82) is 0 Å². The first-order valence-electron chi connectivity index (χ1n) is 11.4. The molecule has 0 bridgehead atoms. The first-order valence-corrected chi connectivity index (χ1v) is 11.4. The minimum Gasteiger partial charge on any atom is -0.497 e. The van der Waals surface area contributed by atoms with Crippen LogP contribution in [0.1, 0.15) is 39.4 Å². The Bertz CT molecular complexity index is 1170. The molecule has 4 rings (SSSR count). The number of carbonyl (C=O) groups excluding carboxylic acids is 1. The molecule has 1 N–H and O–H groups in total. The highest BCUT2D eigenvalue weighted by atomic mass is 16.6. The molecule has 1 amide bonds. The van der Waals surface area contributed by atoms with E-state index in [-0.39, 0.29) is 6.09 Å². The van der Waals surface area contributed by atoms with E-state index in [2.05, 4.69) is 5.32 Å². The topological polar surface area (TPSA) is 76.6 Å². The number of anilines is 2. The molecule has 0 unspecified atom stereocenters. The third-order valence-electron chi connectivity index (χ3n) is 5.23. The summed E-state index contributed by atoms with van der Waals surface area (Å²) in [5, 5.41) is 3.37. The summed E-state index contributed by atoms with van der Waals surface area (Å²) in [4.78, 5) is 23.9. The van der Waals surface area contributed by atoms with Crippen molar-refractivity contribution in [2.24, 2.45) is 0 Å². The van der Waals surface area contributed by atoms with Gasteiger partial charge in [-0.25, -0.2) is 14.8 Å². The van der Waals surface area contributed by atoms with Gasteiger partial charge in [-0.15, -0.1) is 0 Å². The average molecular weight is 459 g/mol. The monoisotopic (exact) mass is 458 g/mol. The number of hydrogen-bond donors (Lipinski definition) is 1. The largest absolute Gasteiger partial charge is 0.497 e. The molecule has 1 aliphatic heterocycles. The molecule has 7 heteroatoms. The molecule has 2 aromatic carbocycles. The van der Waals surface area contributed by atoms with E-state index in [0.29, 0.717) is 18.2 Å². The van der Waals surface area contributed by atoms with Gasteiger partial charge < -0.3 is 14.8 Å². The van der Waals surface area contributed by atoms with Crippen molar-refractivity contribution in [2.75, 3.05) is 19.0 Å². The van der Waals surface area contributed by atoms with Crippen molar-refractivity contribution < 1.29 is 14.3 Å². The zero-order valence-corrected chi connectivity index (χ0v) is 20.0. The Kier molecular flexibility index (Phi) is 6.82. The molecule has 0 saturated carbocycles. The van der Waals surface area contributed by atoms with E-state index in [4.69, 9.17) is 19.4 Å². The fourth-order valence-corrected chi connectivity index (χ4v) is 3.63. The highest BCUT2D eigenvalue weighted by molar-refractivity contribution is 5.75. The second-order valence-electron chi connectivity index (χ2n) is 9.11. The van der Waals surface area contributed by atoms with Crippen molar-refractivity contribution in [1.82, 2.24) is 14.9 Å². The summed E-state index contributed by atoms with van der Waals surface area (Å²) in [5.74, 6) is 2.04. The molecule has 0 radical (unpaired) electrons. The highest BCUT2D eigenvalue weighted by Gasteiger charge is 2.24. The molecule has 34 heavy (non-hydrogen) atoms. The number of ether oxygens (including phenoxy) is 2. The Morgan fingerprint density at radius 2 is 1.76 bits per heavy atom. The summed E-state index contributed by atoms with van der Waals surface area (Å²) >= 11 is 0. The van der Waals surface area contributed by atoms with Crippen LogP contribution in [0.4, 0.5) is 16.3 Å². The van der Waals surface area contributed by atoms with Crippen LogP contribution in [0.25, 0.3) is 16.8 Å². The van der Waals surface area contributed by atoms with Crippen molar-refractivity contribution in [3.63, 3.8) is 0 Å². The zero-order valence-electron chi connectivity index (χ0n) is 20.0. The summed E-state index contributed by atoms with van der Waals surface area (Å²) in [7, 11) is 1.64. The van der Waals surface area contributed by atoms with Gasteiger partial charge in [0.2, 0.25) is 0 Å².